The van der Waals surface area contributed by atoms with Crippen molar-refractivity contribution in [3.05, 3.63) is 0 Å². The maximum Gasteiger partial charge on any atom is 0.237 e. The third-order valence-electron chi connectivity index (χ3n) is 2.39. The van der Waals surface area contributed by atoms with Gasteiger partial charge in [0.2, 0.25) is 5.91 Å². The fourth-order valence-electron chi connectivity index (χ4n) is 1.57. The van der Waals surface area contributed by atoms with Crippen LogP contribution in [-0.2, 0) is 4.79 Å². The van der Waals surface area contributed by atoms with E-state index in [2.05, 4.69) is 16.7 Å². The molecule has 1 aliphatic heterocycles. The molecule has 1 fully saturated rings. The molecule has 2 N–H and O–H groups in total. The molecule has 0 aromatic carbocycles. The Hall–Kier alpha value is -1.08. The van der Waals surface area contributed by atoms with Gasteiger partial charge in [-0.15, -0.1) is 0 Å². The smallest absolute Gasteiger partial charge is 0.237 e. The molecule has 4 nitrogen and oxygen atoms in total. The highest BCUT2D eigenvalue weighted by Gasteiger charge is 2.20. The van der Waals surface area contributed by atoms with E-state index in [4.69, 9.17) is 5.26 Å². The van der Waals surface area contributed by atoms with E-state index in [9.17, 15) is 4.79 Å². The number of hydrogen-bond acceptors (Lipinski definition) is 3. The van der Waals surface area contributed by atoms with Gasteiger partial charge in [0, 0.05) is 13.0 Å². The summed E-state index contributed by atoms with van der Waals surface area (Å²) in [6, 6.07) is 2.10. The van der Waals surface area contributed by atoms with Gasteiger partial charge >= 0.3 is 0 Å². The average molecular weight is 195 g/mol. The molecule has 4 heteroatoms. The van der Waals surface area contributed by atoms with Crippen LogP contribution in [0.5, 0.6) is 0 Å². The standard InChI is InChI=1S/C10H17N3O/c11-6-2-1-3-7-12-9-5-4-8-13-10(9)14/h9,12H,1-5,7-8H2,(H,13,14). The number of nitrogens with one attached hydrogen (secondary N) is 2. The second-order valence-corrected chi connectivity index (χ2v) is 3.56. The van der Waals surface area contributed by atoms with Crippen molar-refractivity contribution < 1.29 is 4.79 Å². The second-order valence-electron chi connectivity index (χ2n) is 3.56. The van der Waals surface area contributed by atoms with Crippen LogP contribution in [0.25, 0.3) is 0 Å². The Labute approximate surface area is 84.7 Å². The number of amides is 1. The van der Waals surface area contributed by atoms with Gasteiger partial charge in [0.15, 0.2) is 0 Å². The zero-order valence-electron chi connectivity index (χ0n) is 8.38. The molecule has 1 aliphatic rings. The molecule has 1 atom stereocenters. The van der Waals surface area contributed by atoms with E-state index in [-0.39, 0.29) is 11.9 Å². The van der Waals surface area contributed by atoms with Crippen LogP contribution in [0.15, 0.2) is 0 Å². The number of unbranched alkanes of at least 4 members (excludes halogenated alkanes) is 2. The minimum Gasteiger partial charge on any atom is -0.355 e. The lowest BCUT2D eigenvalue weighted by molar-refractivity contribution is -0.124. The van der Waals surface area contributed by atoms with Gasteiger partial charge in [-0.3, -0.25) is 4.79 Å². The summed E-state index contributed by atoms with van der Waals surface area (Å²) in [5, 5.41) is 14.4. The number of carbonyl (C=O) groups is 1. The van der Waals surface area contributed by atoms with Crippen LogP contribution in [0.2, 0.25) is 0 Å². The van der Waals surface area contributed by atoms with Crippen LogP contribution < -0.4 is 10.6 Å². The van der Waals surface area contributed by atoms with E-state index < -0.39 is 0 Å². The molecule has 14 heavy (non-hydrogen) atoms. The van der Waals surface area contributed by atoms with Crippen LogP contribution in [0, 0.1) is 11.3 Å². The molecule has 0 aromatic rings. The minimum absolute atomic E-state index is 0.00849. The van der Waals surface area contributed by atoms with Gasteiger partial charge in [0.05, 0.1) is 12.1 Å². The number of nitrogens with zero attached hydrogens (tertiary/aromatic N) is 1. The van der Waals surface area contributed by atoms with E-state index in [0.717, 1.165) is 38.8 Å². The predicted molar refractivity (Wildman–Crippen MR) is 53.5 cm³/mol. The van der Waals surface area contributed by atoms with Crippen LogP contribution >= 0.6 is 0 Å². The first-order valence-corrected chi connectivity index (χ1v) is 5.22. The van der Waals surface area contributed by atoms with E-state index in [0.29, 0.717) is 6.42 Å². The van der Waals surface area contributed by atoms with Crippen LogP contribution in [0.4, 0.5) is 0 Å². The molecule has 0 bridgehead atoms. The zero-order valence-corrected chi connectivity index (χ0v) is 8.38. The molecule has 0 aliphatic carbocycles. The monoisotopic (exact) mass is 195 g/mol. The fraction of sp³-hybridized carbons (Fsp3) is 0.800. The van der Waals surface area contributed by atoms with Gasteiger partial charge in [-0.05, 0) is 32.2 Å². The molecule has 1 amide bonds. The molecular weight excluding hydrogens is 178 g/mol. The fourth-order valence-corrected chi connectivity index (χ4v) is 1.57. The summed E-state index contributed by atoms with van der Waals surface area (Å²) in [7, 11) is 0. The predicted octanol–water partition coefficient (Wildman–Crippen LogP) is 0.548. The maximum atomic E-state index is 11.3. The van der Waals surface area contributed by atoms with E-state index in [1.165, 1.54) is 0 Å². The maximum absolute atomic E-state index is 11.3. The number of piperidine rings is 1. The third kappa shape index (κ3) is 3.75. The lowest BCUT2D eigenvalue weighted by Gasteiger charge is -2.22. The first-order chi connectivity index (χ1) is 6.84. The van der Waals surface area contributed by atoms with Crippen molar-refractivity contribution in [2.24, 2.45) is 0 Å². The van der Waals surface area contributed by atoms with Crippen molar-refractivity contribution in [3.63, 3.8) is 0 Å². The highest BCUT2D eigenvalue weighted by molar-refractivity contribution is 5.82. The van der Waals surface area contributed by atoms with Gasteiger partial charge < -0.3 is 10.6 Å². The highest BCUT2D eigenvalue weighted by atomic mass is 16.2. The molecule has 1 rings (SSSR count). The molecule has 0 saturated carbocycles. The zero-order chi connectivity index (χ0) is 10.2. The quantitative estimate of drug-likeness (QED) is 0.630. The van der Waals surface area contributed by atoms with E-state index >= 15 is 0 Å². The van der Waals surface area contributed by atoms with E-state index in [1.807, 2.05) is 0 Å². The Balaban J connectivity index is 2.05. The molecule has 1 unspecified atom stereocenters. The highest BCUT2D eigenvalue weighted by Crippen LogP contribution is 2.03. The van der Waals surface area contributed by atoms with Crippen LogP contribution in [0.3, 0.4) is 0 Å². The van der Waals surface area contributed by atoms with Gasteiger partial charge in [0.25, 0.3) is 0 Å². The van der Waals surface area contributed by atoms with E-state index in [1.54, 1.807) is 0 Å². The van der Waals surface area contributed by atoms with Crippen LogP contribution in [0.1, 0.15) is 32.1 Å². The van der Waals surface area contributed by atoms with Crippen molar-refractivity contribution in [2.75, 3.05) is 13.1 Å². The van der Waals surface area contributed by atoms with Crippen molar-refractivity contribution in [3.8, 4) is 6.07 Å². The van der Waals surface area contributed by atoms with Crippen molar-refractivity contribution in [1.82, 2.24) is 10.6 Å². The van der Waals surface area contributed by atoms with Gasteiger partial charge in [-0.25, -0.2) is 0 Å². The summed E-state index contributed by atoms with van der Waals surface area (Å²) in [6.45, 7) is 1.64. The lowest BCUT2D eigenvalue weighted by Crippen LogP contribution is -2.48. The average Bonchev–Trinajstić information content (AvgIpc) is 2.20. The minimum atomic E-state index is -0.00849. The Morgan fingerprint density at radius 1 is 1.57 bits per heavy atom. The summed E-state index contributed by atoms with van der Waals surface area (Å²) >= 11 is 0. The molecule has 1 saturated heterocycles. The van der Waals surface area contributed by atoms with Gasteiger partial charge in [0.1, 0.15) is 0 Å². The van der Waals surface area contributed by atoms with Gasteiger partial charge in [-0.2, -0.15) is 5.26 Å². The normalized spacial score (nSPS) is 21.4. The topological polar surface area (TPSA) is 64.9 Å². The lowest BCUT2D eigenvalue weighted by atomic mass is 10.1. The largest absolute Gasteiger partial charge is 0.355 e. The first kappa shape index (κ1) is 11.0. The molecular formula is C10H17N3O. The molecule has 1 heterocycles. The Kier molecular flexibility index (Phi) is 5.02. The molecule has 78 valence electrons. The van der Waals surface area contributed by atoms with Crippen molar-refractivity contribution in [1.29, 1.82) is 5.26 Å². The van der Waals surface area contributed by atoms with Crippen molar-refractivity contribution in [2.45, 2.75) is 38.1 Å². The Bertz CT molecular complexity index is 222. The number of nitriles is 1. The van der Waals surface area contributed by atoms with Crippen molar-refractivity contribution >= 4 is 5.91 Å². The molecule has 0 radical (unpaired) electrons. The number of rotatable bonds is 5. The van der Waals surface area contributed by atoms with Gasteiger partial charge in [-0.1, -0.05) is 0 Å². The number of carbonyl (C=O) groups excluding carboxylic acids is 1. The summed E-state index contributed by atoms with van der Waals surface area (Å²) in [5.41, 5.74) is 0. The Morgan fingerprint density at radius 3 is 3.14 bits per heavy atom. The van der Waals surface area contributed by atoms with Crippen LogP contribution in [-0.4, -0.2) is 25.0 Å². The summed E-state index contributed by atoms with van der Waals surface area (Å²) < 4.78 is 0. The summed E-state index contributed by atoms with van der Waals surface area (Å²) in [6.07, 6.45) is 4.49. The second kappa shape index (κ2) is 6.39. The SMILES string of the molecule is N#CCCCCNC1CCCNC1=O. The number of hydrogen-bond donors (Lipinski definition) is 2. The molecule has 0 spiro atoms. The first-order valence-electron chi connectivity index (χ1n) is 5.22. The summed E-state index contributed by atoms with van der Waals surface area (Å²) in [5.74, 6) is 0.122. The Morgan fingerprint density at radius 2 is 2.43 bits per heavy atom. The molecule has 0 aromatic heterocycles. The summed E-state index contributed by atoms with van der Waals surface area (Å²) in [4.78, 5) is 11.3. The third-order valence-corrected chi connectivity index (χ3v) is 2.39.